The number of thioether (sulfide) groups is 1. The molecule has 0 spiro atoms. The Morgan fingerprint density at radius 1 is 1.21 bits per heavy atom. The molecule has 0 fully saturated rings. The lowest BCUT2D eigenvalue weighted by atomic mass is 10.2. The fraction of sp³-hybridized carbons (Fsp3) is 0.263. The predicted octanol–water partition coefficient (Wildman–Crippen LogP) is 4.14. The molecule has 0 saturated carbocycles. The van der Waals surface area contributed by atoms with Crippen LogP contribution in [0.25, 0.3) is 11.4 Å². The van der Waals surface area contributed by atoms with Crippen molar-refractivity contribution in [1.29, 1.82) is 0 Å². The molecule has 7 nitrogen and oxygen atoms in total. The van der Waals surface area contributed by atoms with E-state index in [1.54, 1.807) is 18.3 Å². The van der Waals surface area contributed by atoms with Gasteiger partial charge >= 0.3 is 0 Å². The number of halogens is 1. The maximum absolute atomic E-state index is 12.3. The molecular formula is C19H20ClN5O2S. The summed E-state index contributed by atoms with van der Waals surface area (Å²) in [7, 11) is 0. The second kappa shape index (κ2) is 9.57. The zero-order chi connectivity index (χ0) is 19.9. The Kier molecular flexibility index (Phi) is 6.89. The molecule has 0 saturated heterocycles. The molecule has 0 aliphatic rings. The van der Waals surface area contributed by atoms with Crippen molar-refractivity contribution in [3.05, 3.63) is 47.7 Å². The summed E-state index contributed by atoms with van der Waals surface area (Å²) in [6.45, 7) is 5.18. The van der Waals surface area contributed by atoms with Crippen LogP contribution < -0.4 is 10.1 Å². The van der Waals surface area contributed by atoms with E-state index in [0.717, 1.165) is 11.3 Å². The largest absolute Gasteiger partial charge is 0.493 e. The van der Waals surface area contributed by atoms with Crippen LogP contribution in [0.2, 0.25) is 5.15 Å². The predicted molar refractivity (Wildman–Crippen MR) is 111 cm³/mol. The van der Waals surface area contributed by atoms with Gasteiger partial charge in [0.15, 0.2) is 16.1 Å². The van der Waals surface area contributed by atoms with E-state index in [2.05, 4.69) is 20.5 Å². The van der Waals surface area contributed by atoms with Gasteiger partial charge in [0.1, 0.15) is 5.75 Å². The molecule has 1 amide bonds. The van der Waals surface area contributed by atoms with Crippen molar-refractivity contribution in [2.45, 2.75) is 25.5 Å². The van der Waals surface area contributed by atoms with Crippen molar-refractivity contribution in [2.75, 3.05) is 17.7 Å². The highest BCUT2D eigenvalue weighted by atomic mass is 35.5. The number of amides is 1. The van der Waals surface area contributed by atoms with Gasteiger partial charge in [-0.05, 0) is 38.1 Å². The monoisotopic (exact) mass is 417 g/mol. The molecule has 146 valence electrons. The third-order valence-corrected chi connectivity index (χ3v) is 5.09. The van der Waals surface area contributed by atoms with E-state index in [9.17, 15) is 4.79 Å². The average Bonchev–Trinajstić information content (AvgIpc) is 3.11. The van der Waals surface area contributed by atoms with Gasteiger partial charge in [-0.15, -0.1) is 10.2 Å². The maximum atomic E-state index is 12.3. The van der Waals surface area contributed by atoms with E-state index in [4.69, 9.17) is 16.3 Å². The van der Waals surface area contributed by atoms with Crippen molar-refractivity contribution in [1.82, 2.24) is 19.7 Å². The van der Waals surface area contributed by atoms with Crippen LogP contribution in [0.3, 0.4) is 0 Å². The molecule has 0 atom stereocenters. The Morgan fingerprint density at radius 2 is 2.04 bits per heavy atom. The minimum atomic E-state index is -0.193. The van der Waals surface area contributed by atoms with Gasteiger partial charge in [0.2, 0.25) is 5.91 Å². The number of ether oxygens (including phenoxy) is 1. The first kappa shape index (κ1) is 20.2. The third-order valence-electron chi connectivity index (χ3n) is 3.83. The summed E-state index contributed by atoms with van der Waals surface area (Å²) >= 11 is 7.29. The molecule has 0 bridgehead atoms. The van der Waals surface area contributed by atoms with Crippen LogP contribution in [0.4, 0.5) is 5.69 Å². The number of nitrogens with one attached hydrogen (secondary N) is 1. The number of nitrogens with zero attached hydrogens (tertiary/aromatic N) is 4. The molecule has 0 aliphatic heterocycles. The number of para-hydroxylation sites is 1. The van der Waals surface area contributed by atoms with Crippen molar-refractivity contribution in [2.24, 2.45) is 0 Å². The van der Waals surface area contributed by atoms with Gasteiger partial charge in [-0.3, -0.25) is 4.79 Å². The van der Waals surface area contributed by atoms with Crippen LogP contribution in [0.5, 0.6) is 5.75 Å². The summed E-state index contributed by atoms with van der Waals surface area (Å²) in [5.41, 5.74) is 1.36. The van der Waals surface area contributed by atoms with E-state index in [1.807, 2.05) is 42.7 Å². The van der Waals surface area contributed by atoms with Gasteiger partial charge in [0, 0.05) is 12.7 Å². The number of hydrogen-bond acceptors (Lipinski definition) is 6. The molecule has 0 aliphatic carbocycles. The van der Waals surface area contributed by atoms with E-state index in [1.165, 1.54) is 11.8 Å². The molecule has 9 heteroatoms. The van der Waals surface area contributed by atoms with Crippen molar-refractivity contribution in [3.63, 3.8) is 0 Å². The summed E-state index contributed by atoms with van der Waals surface area (Å²) in [5.74, 6) is 1.45. The number of carbonyl (C=O) groups is 1. The molecule has 3 rings (SSSR count). The lowest BCUT2D eigenvalue weighted by Gasteiger charge is -2.11. The van der Waals surface area contributed by atoms with E-state index in [0.29, 0.717) is 29.8 Å². The standard InChI is InChI=1S/C19H20ClN5O2S/c1-3-25-18(13-8-5-6-10-15(13)27-4-2)23-24-19(25)28-12-16(26)22-14-9-7-11-21-17(14)20/h5-11H,3-4,12H2,1-2H3,(H,22,26). The van der Waals surface area contributed by atoms with Crippen molar-refractivity contribution >= 4 is 35.0 Å². The van der Waals surface area contributed by atoms with Crippen LogP contribution in [-0.4, -0.2) is 38.0 Å². The average molecular weight is 418 g/mol. The summed E-state index contributed by atoms with van der Waals surface area (Å²) in [6.07, 6.45) is 1.57. The lowest BCUT2D eigenvalue weighted by Crippen LogP contribution is -2.15. The quantitative estimate of drug-likeness (QED) is 0.438. The number of hydrogen-bond donors (Lipinski definition) is 1. The Bertz CT molecular complexity index is 963. The third kappa shape index (κ3) is 4.63. The van der Waals surface area contributed by atoms with Crippen LogP contribution in [0.15, 0.2) is 47.8 Å². The zero-order valence-corrected chi connectivity index (χ0v) is 17.1. The minimum absolute atomic E-state index is 0.177. The van der Waals surface area contributed by atoms with Crippen LogP contribution in [-0.2, 0) is 11.3 Å². The number of anilines is 1. The first-order valence-corrected chi connectivity index (χ1v) is 10.2. The SMILES string of the molecule is CCOc1ccccc1-c1nnc(SCC(=O)Nc2cccnc2Cl)n1CC. The van der Waals surface area contributed by atoms with Gasteiger partial charge in [-0.2, -0.15) is 0 Å². The number of aromatic nitrogens is 4. The fourth-order valence-corrected chi connectivity index (χ4v) is 3.58. The molecular weight excluding hydrogens is 398 g/mol. The van der Waals surface area contributed by atoms with Crippen LogP contribution in [0.1, 0.15) is 13.8 Å². The number of carbonyl (C=O) groups excluding carboxylic acids is 1. The Hall–Kier alpha value is -2.58. The lowest BCUT2D eigenvalue weighted by molar-refractivity contribution is -0.113. The van der Waals surface area contributed by atoms with E-state index >= 15 is 0 Å². The van der Waals surface area contributed by atoms with Gasteiger partial charge in [-0.1, -0.05) is 35.5 Å². The Morgan fingerprint density at radius 3 is 2.79 bits per heavy atom. The molecule has 28 heavy (non-hydrogen) atoms. The molecule has 1 aromatic carbocycles. The number of benzene rings is 1. The number of pyridine rings is 1. The maximum Gasteiger partial charge on any atom is 0.234 e. The second-order valence-corrected chi connectivity index (χ2v) is 6.96. The molecule has 3 aromatic rings. The highest BCUT2D eigenvalue weighted by Gasteiger charge is 2.17. The normalized spacial score (nSPS) is 10.7. The molecule has 1 N–H and O–H groups in total. The van der Waals surface area contributed by atoms with Gasteiger partial charge in [0.05, 0.1) is 23.6 Å². The van der Waals surface area contributed by atoms with Crippen molar-refractivity contribution in [3.8, 4) is 17.1 Å². The summed E-state index contributed by atoms with van der Waals surface area (Å²) in [6, 6.07) is 11.1. The minimum Gasteiger partial charge on any atom is -0.493 e. The Labute approximate surface area is 172 Å². The van der Waals surface area contributed by atoms with Crippen LogP contribution >= 0.6 is 23.4 Å². The van der Waals surface area contributed by atoms with Crippen LogP contribution in [0, 0.1) is 0 Å². The zero-order valence-electron chi connectivity index (χ0n) is 15.6. The van der Waals surface area contributed by atoms with E-state index in [-0.39, 0.29) is 16.8 Å². The first-order chi connectivity index (χ1) is 13.6. The Balaban J connectivity index is 1.74. The highest BCUT2D eigenvalue weighted by molar-refractivity contribution is 7.99. The topological polar surface area (TPSA) is 81.9 Å². The summed E-state index contributed by atoms with van der Waals surface area (Å²) in [5, 5.41) is 12.3. The van der Waals surface area contributed by atoms with Gasteiger partial charge in [-0.25, -0.2) is 4.98 Å². The summed E-state index contributed by atoms with van der Waals surface area (Å²) < 4.78 is 7.67. The molecule has 2 aromatic heterocycles. The first-order valence-electron chi connectivity index (χ1n) is 8.82. The van der Waals surface area contributed by atoms with Gasteiger partial charge in [0.25, 0.3) is 0 Å². The van der Waals surface area contributed by atoms with E-state index < -0.39 is 0 Å². The fourth-order valence-electron chi connectivity index (χ4n) is 2.61. The van der Waals surface area contributed by atoms with Gasteiger partial charge < -0.3 is 14.6 Å². The highest BCUT2D eigenvalue weighted by Crippen LogP contribution is 2.31. The molecule has 2 heterocycles. The summed E-state index contributed by atoms with van der Waals surface area (Å²) in [4.78, 5) is 16.2. The second-order valence-electron chi connectivity index (χ2n) is 5.66. The van der Waals surface area contributed by atoms with Crippen molar-refractivity contribution < 1.29 is 9.53 Å². The molecule has 0 radical (unpaired) electrons. The number of rotatable bonds is 8. The molecule has 0 unspecified atom stereocenters. The smallest absolute Gasteiger partial charge is 0.234 e.